The molecule has 0 aliphatic rings. The SMILES string of the molecule is Cn1ccnc1-c1[c-]ccc(-c2ccncc2)c1.[Ir].[Ir].[c-]1cc(-c2ccccn2)c2ccccc2c1-c1nnc(-c2ccc(-c3ccccn3)c3ccccc23)nn1.[c-]1ccc(-c2nc(-c3ccccc3)nc(-c3ccccc3)n2)cc1-c1ccccn1.[c-]1ccccc1-c1nnc(-c2ccccc2)nn1. The third kappa shape index (κ3) is 16.8. The summed E-state index contributed by atoms with van der Waals surface area (Å²) in [5.74, 6) is 4.72. The zero-order valence-electron chi connectivity index (χ0n) is 56.4. The third-order valence-electron chi connectivity index (χ3n) is 16.6. The van der Waals surface area contributed by atoms with Crippen LogP contribution in [-0.2, 0) is 47.3 Å². The molecule has 0 N–H and O–H groups in total. The summed E-state index contributed by atoms with van der Waals surface area (Å²) in [6.45, 7) is 0. The zero-order chi connectivity index (χ0) is 70.1. The molecule has 0 fully saturated rings. The van der Waals surface area contributed by atoms with E-state index in [-0.39, 0.29) is 40.2 Å². The Morgan fingerprint density at radius 2 is 0.726 bits per heavy atom. The first-order valence-corrected chi connectivity index (χ1v) is 33.2. The quantitative estimate of drug-likeness (QED) is 0.104. The summed E-state index contributed by atoms with van der Waals surface area (Å²) in [6, 6.07) is 106. The predicted octanol–water partition coefficient (Wildman–Crippen LogP) is 17.9. The molecule has 8 heterocycles. The number of fused-ring (bicyclic) bond motifs is 2. The predicted molar refractivity (Wildman–Crippen MR) is 405 cm³/mol. The molecule has 0 saturated carbocycles. The molecule has 0 saturated heterocycles. The molecule has 18 aromatic rings. The van der Waals surface area contributed by atoms with E-state index in [1.54, 1.807) is 37.2 Å². The molecule has 2 radical (unpaired) electrons. The summed E-state index contributed by atoms with van der Waals surface area (Å²) < 4.78 is 1.99. The third-order valence-corrected chi connectivity index (χ3v) is 16.6. The first-order valence-electron chi connectivity index (χ1n) is 33.2. The van der Waals surface area contributed by atoms with Crippen LogP contribution in [0, 0.1) is 24.3 Å². The number of pyridine rings is 4. The minimum absolute atomic E-state index is 0. The van der Waals surface area contributed by atoms with Crippen molar-refractivity contribution in [3.05, 3.63) is 353 Å². The van der Waals surface area contributed by atoms with Gasteiger partial charge in [-0.1, -0.05) is 197 Å². The Labute approximate surface area is 638 Å². The maximum absolute atomic E-state index is 4.78. The summed E-state index contributed by atoms with van der Waals surface area (Å²) in [5.41, 5.74) is 15.0. The second-order valence-corrected chi connectivity index (χ2v) is 23.3. The average molecular weight is 1720 g/mol. The van der Waals surface area contributed by atoms with Gasteiger partial charge in [-0.3, -0.25) is 19.9 Å². The van der Waals surface area contributed by atoms with Crippen LogP contribution in [0.4, 0.5) is 0 Å². The molecular weight excluding hydrogens is 1670 g/mol. The van der Waals surface area contributed by atoms with Crippen molar-refractivity contribution in [2.75, 3.05) is 0 Å². The number of nitrogens with zero attached hydrogens (tertiary/aromatic N) is 17. The van der Waals surface area contributed by atoms with Crippen LogP contribution in [0.2, 0.25) is 0 Å². The van der Waals surface area contributed by atoms with E-state index in [0.717, 1.165) is 117 Å². The van der Waals surface area contributed by atoms with Crippen LogP contribution in [-0.4, -0.2) is 85.2 Å². The molecular formula is C87H57Ir2N17-4. The fourth-order valence-corrected chi connectivity index (χ4v) is 11.6. The van der Waals surface area contributed by atoms with E-state index in [2.05, 4.69) is 120 Å². The van der Waals surface area contributed by atoms with Gasteiger partial charge in [0.25, 0.3) is 0 Å². The van der Waals surface area contributed by atoms with Crippen molar-refractivity contribution in [1.29, 1.82) is 0 Å². The second kappa shape index (κ2) is 34.6. The maximum Gasteiger partial charge on any atom is 0.202 e. The smallest absolute Gasteiger partial charge is 0.202 e. The number of hydrogen-bond acceptors (Lipinski definition) is 16. The first kappa shape index (κ1) is 71.1. The van der Waals surface area contributed by atoms with Crippen LogP contribution in [0.5, 0.6) is 0 Å². The standard InChI is InChI=1S/C32H19N6.C26H17N4.C15H12N3.C14H9N4.2Ir/c1-3-11-23-21(9-1)25(29-13-5-7-19-33-29)15-17-27(23)31-35-37-32(38-36-31)28-18-16-26(30-14-6-8-20-34-30)22-10-2-4-12-24(22)28;1-3-10-19(11-4-1)24-28-25(20-12-5-2-6-13-20)30-26(29-24)22-15-9-14-21(18-22)23-16-7-8-17-27-23;1-18-10-9-17-15(18)14-4-2-3-13(11-14)12-5-7-16-8-6-12;1-3-7-11(8-4-1)13-15-17-14(18-16-13)12-9-5-2-6-10-12;;/h1-17,19-20H;1-13,15-18H;2-3,5-11H,1H3;1-9H;;/q4*-1;;. The minimum atomic E-state index is 0. The van der Waals surface area contributed by atoms with Crippen LogP contribution >= 0.6 is 0 Å². The normalized spacial score (nSPS) is 10.5. The molecule has 8 aromatic heterocycles. The Morgan fingerprint density at radius 1 is 0.274 bits per heavy atom. The molecule has 512 valence electrons. The number of imidazole rings is 1. The Balaban J connectivity index is 0.000000131. The van der Waals surface area contributed by atoms with Crippen LogP contribution in [0.25, 0.3) is 158 Å². The van der Waals surface area contributed by atoms with Gasteiger partial charge in [-0.2, -0.15) is 20.4 Å². The molecule has 18 rings (SSSR count). The molecule has 0 amide bonds. The average Bonchev–Trinajstić information content (AvgIpc) is 1.09. The fraction of sp³-hybridized carbons (Fsp3) is 0.0115. The summed E-state index contributed by atoms with van der Waals surface area (Å²) in [5, 5.41) is 38.4. The Hall–Kier alpha value is -13.3. The van der Waals surface area contributed by atoms with E-state index in [0.29, 0.717) is 40.8 Å². The monoisotopic (exact) mass is 1730 g/mol. The summed E-state index contributed by atoms with van der Waals surface area (Å²) in [7, 11) is 1.98. The molecule has 0 aliphatic carbocycles. The number of benzene rings is 10. The maximum atomic E-state index is 4.78. The van der Waals surface area contributed by atoms with Crippen LogP contribution in [0.15, 0.2) is 328 Å². The van der Waals surface area contributed by atoms with Gasteiger partial charge in [0.05, 0.1) is 11.5 Å². The summed E-state index contributed by atoms with van der Waals surface area (Å²) >= 11 is 0. The minimum Gasteiger partial charge on any atom is -0.373 e. The van der Waals surface area contributed by atoms with Crippen molar-refractivity contribution in [2.45, 2.75) is 0 Å². The van der Waals surface area contributed by atoms with Gasteiger partial charge < -0.3 is 9.55 Å². The van der Waals surface area contributed by atoms with Gasteiger partial charge in [0, 0.05) is 124 Å². The molecule has 10 aromatic carbocycles. The van der Waals surface area contributed by atoms with Gasteiger partial charge in [0.15, 0.2) is 11.6 Å². The van der Waals surface area contributed by atoms with Crippen LogP contribution in [0.3, 0.4) is 0 Å². The van der Waals surface area contributed by atoms with Gasteiger partial charge in [-0.15, -0.1) is 134 Å². The zero-order valence-corrected chi connectivity index (χ0v) is 61.2. The molecule has 0 atom stereocenters. The van der Waals surface area contributed by atoms with Gasteiger partial charge in [0.1, 0.15) is 17.5 Å². The molecule has 0 spiro atoms. The number of rotatable bonds is 12. The van der Waals surface area contributed by atoms with Crippen molar-refractivity contribution in [2.24, 2.45) is 7.05 Å². The first-order chi connectivity index (χ1) is 51.5. The summed E-state index contributed by atoms with van der Waals surface area (Å²) in [4.78, 5) is 36.1. The van der Waals surface area contributed by atoms with Crippen molar-refractivity contribution in [1.82, 2.24) is 85.2 Å². The van der Waals surface area contributed by atoms with Gasteiger partial charge in [0.2, 0.25) is 11.6 Å². The van der Waals surface area contributed by atoms with Gasteiger partial charge in [-0.25, -0.2) is 15.0 Å². The van der Waals surface area contributed by atoms with Crippen molar-refractivity contribution < 1.29 is 40.2 Å². The van der Waals surface area contributed by atoms with Crippen molar-refractivity contribution in [3.8, 4) is 136 Å². The number of aromatic nitrogens is 17. The topological polar surface area (TPSA) is 211 Å². The second-order valence-electron chi connectivity index (χ2n) is 23.3. The molecule has 0 aliphatic heterocycles. The van der Waals surface area contributed by atoms with Gasteiger partial charge >= 0.3 is 0 Å². The fourth-order valence-electron chi connectivity index (χ4n) is 11.6. The van der Waals surface area contributed by atoms with Crippen molar-refractivity contribution >= 4 is 21.5 Å². The van der Waals surface area contributed by atoms with E-state index >= 15 is 0 Å². The van der Waals surface area contributed by atoms with E-state index in [9.17, 15) is 0 Å². The van der Waals surface area contributed by atoms with Crippen LogP contribution < -0.4 is 0 Å². The molecule has 0 bridgehead atoms. The Bertz CT molecular complexity index is 5590. The molecule has 19 heteroatoms. The van der Waals surface area contributed by atoms with E-state index in [4.69, 9.17) is 15.0 Å². The van der Waals surface area contributed by atoms with E-state index in [1.165, 1.54) is 0 Å². The largest absolute Gasteiger partial charge is 0.373 e. The van der Waals surface area contributed by atoms with E-state index in [1.807, 2.05) is 273 Å². The number of hydrogen-bond donors (Lipinski definition) is 0. The molecule has 0 unspecified atom stereocenters. The van der Waals surface area contributed by atoms with E-state index < -0.39 is 0 Å². The number of aryl methyl sites for hydroxylation is 1. The molecule has 17 nitrogen and oxygen atoms in total. The molecule has 106 heavy (non-hydrogen) atoms. The Kier molecular flexibility index (Phi) is 23.2. The van der Waals surface area contributed by atoms with Crippen LogP contribution in [0.1, 0.15) is 0 Å². The summed E-state index contributed by atoms with van der Waals surface area (Å²) in [6.07, 6.45) is 12.7. The van der Waals surface area contributed by atoms with Gasteiger partial charge in [-0.05, 0) is 70.6 Å². The Morgan fingerprint density at radius 3 is 1.29 bits per heavy atom. The van der Waals surface area contributed by atoms with Crippen molar-refractivity contribution in [3.63, 3.8) is 0 Å².